The third kappa shape index (κ3) is 4.95. The van der Waals surface area contributed by atoms with Crippen molar-refractivity contribution in [2.45, 2.75) is 12.5 Å². The molecule has 0 heterocycles. The molecule has 0 saturated carbocycles. The van der Waals surface area contributed by atoms with E-state index in [2.05, 4.69) is 27.9 Å². The van der Waals surface area contributed by atoms with Crippen molar-refractivity contribution in [3.05, 3.63) is 63.2 Å². The van der Waals surface area contributed by atoms with Gasteiger partial charge in [-0.1, -0.05) is 18.2 Å². The van der Waals surface area contributed by atoms with Crippen molar-refractivity contribution in [3.8, 4) is 5.75 Å². The van der Waals surface area contributed by atoms with Gasteiger partial charge in [0.1, 0.15) is 11.8 Å². The van der Waals surface area contributed by atoms with E-state index in [-0.39, 0.29) is 11.3 Å². The van der Waals surface area contributed by atoms with Gasteiger partial charge in [-0.05, 0) is 58.5 Å². The number of benzene rings is 2. The predicted molar refractivity (Wildman–Crippen MR) is 94.2 cm³/mol. The van der Waals surface area contributed by atoms with Crippen molar-refractivity contribution in [2.24, 2.45) is 0 Å². The van der Waals surface area contributed by atoms with Crippen LogP contribution in [0.4, 0.5) is 0 Å². The van der Waals surface area contributed by atoms with Gasteiger partial charge in [-0.3, -0.25) is 4.79 Å². The first-order valence-electron chi connectivity index (χ1n) is 6.92. The molecule has 0 fully saturated rings. The van der Waals surface area contributed by atoms with Crippen LogP contribution in [0.5, 0.6) is 5.75 Å². The molecule has 0 aliphatic rings. The fourth-order valence-corrected chi connectivity index (χ4v) is 2.73. The number of carbonyl (C=O) groups excluding carboxylic acids is 2. The summed E-state index contributed by atoms with van der Waals surface area (Å²) < 4.78 is 5.81. The van der Waals surface area contributed by atoms with Gasteiger partial charge in [0.05, 0.1) is 7.11 Å². The Morgan fingerprint density at radius 2 is 1.96 bits per heavy atom. The first-order chi connectivity index (χ1) is 11.0. The molecule has 6 heteroatoms. The summed E-state index contributed by atoms with van der Waals surface area (Å²) in [5.41, 5.74) is 1.20. The van der Waals surface area contributed by atoms with E-state index in [1.807, 2.05) is 24.3 Å². The average Bonchev–Trinajstić information content (AvgIpc) is 2.53. The lowest BCUT2D eigenvalue weighted by molar-refractivity contribution is -0.142. The van der Waals surface area contributed by atoms with Crippen LogP contribution in [0.1, 0.15) is 15.9 Å². The first-order valence-corrected chi connectivity index (χ1v) is 7.99. The fraction of sp³-hybridized carbons (Fsp3) is 0.176. The van der Waals surface area contributed by atoms with Gasteiger partial charge in [-0.25, -0.2) is 4.79 Å². The summed E-state index contributed by atoms with van der Waals surface area (Å²) in [6.45, 7) is 0. The van der Waals surface area contributed by atoms with Gasteiger partial charge in [0.15, 0.2) is 0 Å². The molecule has 1 atom stereocenters. The molecule has 2 rings (SSSR count). The summed E-state index contributed by atoms with van der Waals surface area (Å²) in [6.07, 6.45) is 0.327. The van der Waals surface area contributed by atoms with E-state index < -0.39 is 17.9 Å². The second-order valence-corrected chi connectivity index (χ2v) is 6.18. The van der Waals surface area contributed by atoms with Crippen molar-refractivity contribution in [1.82, 2.24) is 5.32 Å². The lowest BCUT2D eigenvalue weighted by atomic mass is 10.1. The van der Waals surface area contributed by atoms with Crippen molar-refractivity contribution < 1.29 is 19.4 Å². The number of hydrogen-bond acceptors (Lipinski definition) is 4. The topological polar surface area (TPSA) is 75.6 Å². The summed E-state index contributed by atoms with van der Waals surface area (Å²) >= 11 is 2.19. The van der Waals surface area contributed by atoms with Crippen LogP contribution in [0, 0.1) is 3.57 Å². The Bertz CT molecular complexity index is 717. The van der Waals surface area contributed by atoms with Crippen LogP contribution in [-0.2, 0) is 16.0 Å². The highest BCUT2D eigenvalue weighted by Crippen LogP contribution is 2.13. The van der Waals surface area contributed by atoms with Crippen molar-refractivity contribution in [3.63, 3.8) is 0 Å². The van der Waals surface area contributed by atoms with Gasteiger partial charge < -0.3 is 15.2 Å². The summed E-state index contributed by atoms with van der Waals surface area (Å²) in [5, 5.41) is 12.1. The van der Waals surface area contributed by atoms with E-state index in [4.69, 9.17) is 4.74 Å². The van der Waals surface area contributed by atoms with E-state index in [0.717, 1.165) is 9.13 Å². The maximum Gasteiger partial charge on any atom is 0.328 e. The molecule has 2 aromatic carbocycles. The molecule has 1 amide bonds. The van der Waals surface area contributed by atoms with Gasteiger partial charge in [0.2, 0.25) is 0 Å². The van der Waals surface area contributed by atoms with E-state index >= 15 is 0 Å². The Morgan fingerprint density at radius 3 is 2.61 bits per heavy atom. The number of methoxy groups -OCH3 is 1. The Morgan fingerprint density at radius 1 is 1.22 bits per heavy atom. The lowest BCUT2D eigenvalue weighted by Gasteiger charge is -2.17. The van der Waals surface area contributed by atoms with E-state index in [0.29, 0.717) is 6.42 Å². The van der Waals surface area contributed by atoms with Crippen molar-refractivity contribution in [1.29, 1.82) is 0 Å². The number of hydrogen-bond donors (Lipinski definition) is 2. The van der Waals surface area contributed by atoms with Crippen LogP contribution >= 0.6 is 22.6 Å². The normalized spacial score (nSPS) is 11.6. The van der Waals surface area contributed by atoms with Crippen LogP contribution in [0.3, 0.4) is 0 Å². The molecule has 0 aliphatic heterocycles. The molecule has 0 radical (unpaired) electrons. The maximum absolute atomic E-state index is 12.3. The summed E-state index contributed by atoms with van der Waals surface area (Å²) in [6, 6.07) is 12.8. The molecule has 0 spiro atoms. The van der Waals surface area contributed by atoms with Crippen LogP contribution in [0.25, 0.3) is 0 Å². The van der Waals surface area contributed by atoms with Crippen LogP contribution < -0.4 is 5.32 Å². The third-order valence-corrected chi connectivity index (χ3v) is 3.90. The number of nitrogens with one attached hydrogen (secondary N) is 1. The Hall–Kier alpha value is -2.09. The van der Waals surface area contributed by atoms with Crippen LogP contribution in [-0.4, -0.2) is 30.1 Å². The largest absolute Gasteiger partial charge is 0.508 e. The lowest BCUT2D eigenvalue weighted by Crippen LogP contribution is -2.43. The van der Waals surface area contributed by atoms with Crippen molar-refractivity contribution >= 4 is 34.5 Å². The molecule has 23 heavy (non-hydrogen) atoms. The molecule has 2 N–H and O–H groups in total. The third-order valence-electron chi connectivity index (χ3n) is 3.23. The summed E-state index contributed by atoms with van der Waals surface area (Å²) in [4.78, 5) is 24.2. The van der Waals surface area contributed by atoms with E-state index in [9.17, 15) is 14.7 Å². The maximum atomic E-state index is 12.3. The minimum Gasteiger partial charge on any atom is -0.508 e. The Labute approximate surface area is 147 Å². The minimum absolute atomic E-state index is 0.00937. The Kier molecular flexibility index (Phi) is 5.97. The molecule has 0 unspecified atom stereocenters. The Balaban J connectivity index is 2.15. The summed E-state index contributed by atoms with van der Waals surface area (Å²) in [5.74, 6) is -0.968. The number of phenols is 1. The number of esters is 1. The molecule has 120 valence electrons. The summed E-state index contributed by atoms with van der Waals surface area (Å²) in [7, 11) is 1.28. The number of amides is 1. The van der Waals surface area contributed by atoms with Gasteiger partial charge in [-0.15, -0.1) is 0 Å². The smallest absolute Gasteiger partial charge is 0.328 e. The van der Waals surface area contributed by atoms with Gasteiger partial charge in [-0.2, -0.15) is 0 Å². The highest BCUT2D eigenvalue weighted by atomic mass is 127. The SMILES string of the molecule is COC(=O)[C@@H](Cc1cccc(I)c1)NC(=O)c1cccc(O)c1. The molecule has 2 aromatic rings. The number of halogens is 1. The zero-order valence-corrected chi connectivity index (χ0v) is 14.6. The number of ether oxygens (including phenoxy) is 1. The number of phenolic OH excluding ortho intramolecular Hbond substituents is 1. The molecule has 5 nitrogen and oxygen atoms in total. The fourth-order valence-electron chi connectivity index (χ4n) is 2.12. The second kappa shape index (κ2) is 7.96. The molecule has 0 saturated heterocycles. The minimum atomic E-state index is -0.798. The van der Waals surface area contributed by atoms with Gasteiger partial charge >= 0.3 is 5.97 Å². The number of aromatic hydroxyl groups is 1. The van der Waals surface area contributed by atoms with E-state index in [1.54, 1.807) is 12.1 Å². The van der Waals surface area contributed by atoms with E-state index in [1.165, 1.54) is 19.2 Å². The predicted octanol–water partition coefficient (Wildman–Crippen LogP) is 2.51. The molecular formula is C17H16INO4. The van der Waals surface area contributed by atoms with Gasteiger partial charge in [0, 0.05) is 15.6 Å². The molecular weight excluding hydrogens is 409 g/mol. The highest BCUT2D eigenvalue weighted by molar-refractivity contribution is 14.1. The van der Waals surface area contributed by atoms with Gasteiger partial charge in [0.25, 0.3) is 5.91 Å². The van der Waals surface area contributed by atoms with Crippen LogP contribution in [0.2, 0.25) is 0 Å². The highest BCUT2D eigenvalue weighted by Gasteiger charge is 2.22. The van der Waals surface area contributed by atoms with Crippen molar-refractivity contribution in [2.75, 3.05) is 7.11 Å². The molecule has 0 aliphatic carbocycles. The standard InChI is InChI=1S/C17H16INO4/c1-23-17(22)15(9-11-4-2-6-13(18)8-11)19-16(21)12-5-3-7-14(20)10-12/h2-8,10,15,20H,9H2,1H3,(H,19,21)/t15-/m1/s1. The number of rotatable bonds is 5. The molecule has 0 aromatic heterocycles. The van der Waals surface area contributed by atoms with Crippen LogP contribution in [0.15, 0.2) is 48.5 Å². The average molecular weight is 425 g/mol. The first kappa shape index (κ1) is 17.3. The zero-order chi connectivity index (χ0) is 16.8. The monoisotopic (exact) mass is 425 g/mol. The quantitative estimate of drug-likeness (QED) is 0.571. The second-order valence-electron chi connectivity index (χ2n) is 4.93. The number of carbonyl (C=O) groups is 2. The zero-order valence-electron chi connectivity index (χ0n) is 12.5. The molecule has 0 bridgehead atoms.